The zero-order chi connectivity index (χ0) is 18.1. The fraction of sp³-hybridized carbons (Fsp3) is 0.350. The van der Waals surface area contributed by atoms with E-state index in [0.29, 0.717) is 18.8 Å². The van der Waals surface area contributed by atoms with Gasteiger partial charge in [-0.1, -0.05) is 24.3 Å². The minimum Gasteiger partial charge on any atom is -0.493 e. The summed E-state index contributed by atoms with van der Waals surface area (Å²) in [6.07, 6.45) is 3.36. The summed E-state index contributed by atoms with van der Waals surface area (Å²) in [5, 5.41) is 4.72. The summed E-state index contributed by atoms with van der Waals surface area (Å²) in [6, 6.07) is 12.1. The van der Waals surface area contributed by atoms with Crippen molar-refractivity contribution in [3.8, 4) is 17.0 Å². The molecule has 3 aromatic rings. The minimum atomic E-state index is -0.193. The Labute approximate surface area is 151 Å². The lowest BCUT2D eigenvalue weighted by molar-refractivity contribution is -0.140. The molecule has 0 saturated heterocycles. The van der Waals surface area contributed by atoms with Gasteiger partial charge in [-0.25, -0.2) is 9.50 Å². The van der Waals surface area contributed by atoms with E-state index in [1.54, 1.807) is 7.11 Å². The van der Waals surface area contributed by atoms with Gasteiger partial charge in [-0.2, -0.15) is 5.10 Å². The van der Waals surface area contributed by atoms with Crippen LogP contribution >= 0.6 is 0 Å². The van der Waals surface area contributed by atoms with Crippen LogP contribution < -0.4 is 4.74 Å². The van der Waals surface area contributed by atoms with Crippen LogP contribution in [0.1, 0.15) is 36.6 Å². The Kier molecular flexibility index (Phi) is 4.32. The molecule has 6 heteroatoms. The molecule has 4 rings (SSSR count). The first kappa shape index (κ1) is 16.6. The molecule has 0 unspecified atom stereocenters. The zero-order valence-electron chi connectivity index (χ0n) is 14.9. The van der Waals surface area contributed by atoms with Gasteiger partial charge in [0.25, 0.3) is 0 Å². The Hall–Kier alpha value is -2.89. The monoisotopic (exact) mass is 351 g/mol. The van der Waals surface area contributed by atoms with E-state index in [0.717, 1.165) is 46.9 Å². The molecular formula is C20H21N3O3. The first-order valence-electron chi connectivity index (χ1n) is 8.79. The number of fused-ring (bicyclic) bond motifs is 1. The van der Waals surface area contributed by atoms with Gasteiger partial charge in [0.15, 0.2) is 17.2 Å². The van der Waals surface area contributed by atoms with Crippen molar-refractivity contribution in [2.45, 2.75) is 31.6 Å². The molecular weight excluding hydrogens is 330 g/mol. The van der Waals surface area contributed by atoms with Gasteiger partial charge in [0.2, 0.25) is 0 Å². The molecule has 0 N–H and O–H groups in total. The Morgan fingerprint density at radius 1 is 1.15 bits per heavy atom. The van der Waals surface area contributed by atoms with Gasteiger partial charge in [0.1, 0.15) is 0 Å². The number of nitrogens with zero attached hydrogens (tertiary/aromatic N) is 3. The maximum atomic E-state index is 11.3. The fourth-order valence-electron chi connectivity index (χ4n) is 3.04. The van der Waals surface area contributed by atoms with Gasteiger partial charge >= 0.3 is 5.97 Å². The van der Waals surface area contributed by atoms with Gasteiger partial charge < -0.3 is 9.47 Å². The van der Waals surface area contributed by atoms with E-state index in [2.05, 4.69) is 4.98 Å². The quantitative estimate of drug-likeness (QED) is 0.637. The van der Waals surface area contributed by atoms with Crippen molar-refractivity contribution >= 4 is 11.6 Å². The predicted molar refractivity (Wildman–Crippen MR) is 97.3 cm³/mol. The number of hydrogen-bond acceptors (Lipinski definition) is 5. The SMILES string of the molecule is COC(=O)CCc1ccc(-c2ccc(OC)c3nc(C4CC4)nn23)cc1. The lowest BCUT2D eigenvalue weighted by Crippen LogP contribution is -2.02. The van der Waals surface area contributed by atoms with E-state index in [1.165, 1.54) is 7.11 Å². The van der Waals surface area contributed by atoms with Crippen molar-refractivity contribution in [2.24, 2.45) is 0 Å². The smallest absolute Gasteiger partial charge is 0.305 e. The average molecular weight is 351 g/mol. The number of rotatable bonds is 6. The lowest BCUT2D eigenvalue weighted by Gasteiger charge is -2.08. The van der Waals surface area contributed by atoms with Crippen molar-refractivity contribution in [3.05, 3.63) is 47.8 Å². The summed E-state index contributed by atoms with van der Waals surface area (Å²) < 4.78 is 12.0. The minimum absolute atomic E-state index is 0.193. The van der Waals surface area contributed by atoms with Gasteiger partial charge in [0, 0.05) is 17.9 Å². The summed E-state index contributed by atoms with van der Waals surface area (Å²) >= 11 is 0. The average Bonchev–Trinajstić information content (AvgIpc) is 3.44. The summed E-state index contributed by atoms with van der Waals surface area (Å²) in [7, 11) is 3.06. The standard InChI is InChI=1S/C20H21N3O3/c1-25-17-11-10-16(23-20(17)21-19(22-23)15-8-9-15)14-6-3-13(4-7-14)5-12-18(24)26-2/h3-4,6-7,10-11,15H,5,8-9,12H2,1-2H3. The summed E-state index contributed by atoms with van der Waals surface area (Å²) in [5.74, 6) is 1.91. The third-order valence-electron chi connectivity index (χ3n) is 4.72. The Morgan fingerprint density at radius 2 is 1.92 bits per heavy atom. The number of methoxy groups -OCH3 is 2. The number of pyridine rings is 1. The molecule has 1 aliphatic carbocycles. The zero-order valence-corrected chi connectivity index (χ0v) is 14.9. The third kappa shape index (κ3) is 3.14. The van der Waals surface area contributed by atoms with E-state index >= 15 is 0 Å². The van der Waals surface area contributed by atoms with Crippen LogP contribution in [0.25, 0.3) is 16.9 Å². The summed E-state index contributed by atoms with van der Waals surface area (Å²) in [4.78, 5) is 16.0. The molecule has 2 heterocycles. The summed E-state index contributed by atoms with van der Waals surface area (Å²) in [6.45, 7) is 0. The molecule has 0 bridgehead atoms. The van der Waals surface area contributed by atoms with Crippen molar-refractivity contribution in [1.29, 1.82) is 0 Å². The van der Waals surface area contributed by atoms with Gasteiger partial charge in [0.05, 0.1) is 19.9 Å². The second-order valence-corrected chi connectivity index (χ2v) is 6.54. The highest BCUT2D eigenvalue weighted by atomic mass is 16.5. The molecule has 26 heavy (non-hydrogen) atoms. The van der Waals surface area contributed by atoms with Crippen molar-refractivity contribution in [1.82, 2.24) is 14.6 Å². The Morgan fingerprint density at radius 3 is 2.58 bits per heavy atom. The molecule has 0 amide bonds. The fourth-order valence-corrected chi connectivity index (χ4v) is 3.04. The first-order valence-corrected chi connectivity index (χ1v) is 8.79. The van der Waals surface area contributed by atoms with Crippen LogP contribution in [-0.2, 0) is 16.0 Å². The van der Waals surface area contributed by atoms with Crippen molar-refractivity contribution in [2.75, 3.05) is 14.2 Å². The van der Waals surface area contributed by atoms with Gasteiger partial charge in [-0.15, -0.1) is 0 Å². The van der Waals surface area contributed by atoms with E-state index < -0.39 is 0 Å². The highest BCUT2D eigenvalue weighted by molar-refractivity contribution is 5.70. The molecule has 134 valence electrons. The lowest BCUT2D eigenvalue weighted by atomic mass is 10.1. The Balaban J connectivity index is 1.66. The highest BCUT2D eigenvalue weighted by Gasteiger charge is 2.29. The van der Waals surface area contributed by atoms with Crippen molar-refractivity contribution in [3.63, 3.8) is 0 Å². The van der Waals surface area contributed by atoms with Crippen LogP contribution in [0.3, 0.4) is 0 Å². The van der Waals surface area contributed by atoms with Crippen LogP contribution in [0.15, 0.2) is 36.4 Å². The van der Waals surface area contributed by atoms with E-state index in [4.69, 9.17) is 14.6 Å². The van der Waals surface area contributed by atoms with Crippen LogP contribution in [0, 0.1) is 0 Å². The first-order chi connectivity index (χ1) is 12.7. The number of esters is 1. The van der Waals surface area contributed by atoms with E-state index in [-0.39, 0.29) is 5.97 Å². The van der Waals surface area contributed by atoms with E-state index in [9.17, 15) is 4.79 Å². The number of aryl methyl sites for hydroxylation is 1. The normalized spacial score (nSPS) is 13.8. The third-order valence-corrected chi connectivity index (χ3v) is 4.72. The molecule has 0 aliphatic heterocycles. The Bertz CT molecular complexity index is 943. The second-order valence-electron chi connectivity index (χ2n) is 6.54. The van der Waals surface area contributed by atoms with Crippen LogP contribution in [0.2, 0.25) is 0 Å². The number of carbonyl (C=O) groups excluding carboxylic acids is 1. The van der Waals surface area contributed by atoms with Crippen LogP contribution in [0.4, 0.5) is 0 Å². The largest absolute Gasteiger partial charge is 0.493 e. The molecule has 0 atom stereocenters. The number of ether oxygens (including phenoxy) is 2. The molecule has 1 aliphatic rings. The van der Waals surface area contributed by atoms with Gasteiger partial charge in [-0.05, 0) is 37.0 Å². The molecule has 6 nitrogen and oxygen atoms in total. The van der Waals surface area contributed by atoms with Gasteiger partial charge in [-0.3, -0.25) is 4.79 Å². The number of hydrogen-bond donors (Lipinski definition) is 0. The van der Waals surface area contributed by atoms with E-state index in [1.807, 2.05) is 40.9 Å². The molecule has 1 aromatic carbocycles. The maximum Gasteiger partial charge on any atom is 0.305 e. The topological polar surface area (TPSA) is 65.7 Å². The summed E-state index contributed by atoms with van der Waals surface area (Å²) in [5.41, 5.74) is 3.87. The molecule has 1 fully saturated rings. The number of carbonyl (C=O) groups is 1. The van der Waals surface area contributed by atoms with Crippen LogP contribution in [-0.4, -0.2) is 34.8 Å². The number of aromatic nitrogens is 3. The molecule has 0 radical (unpaired) electrons. The molecule has 0 spiro atoms. The van der Waals surface area contributed by atoms with Crippen LogP contribution in [0.5, 0.6) is 5.75 Å². The highest BCUT2D eigenvalue weighted by Crippen LogP contribution is 2.39. The predicted octanol–water partition coefficient (Wildman–Crippen LogP) is 3.39. The molecule has 1 saturated carbocycles. The number of benzene rings is 1. The molecule has 2 aromatic heterocycles. The van der Waals surface area contributed by atoms with Crippen molar-refractivity contribution < 1.29 is 14.3 Å². The maximum absolute atomic E-state index is 11.3. The second kappa shape index (κ2) is 6.78.